The zero-order valence-electron chi connectivity index (χ0n) is 11.6. The van der Waals surface area contributed by atoms with Crippen LogP contribution in [0.25, 0.3) is 0 Å². The molecule has 4 nitrogen and oxygen atoms in total. The van der Waals surface area contributed by atoms with Crippen LogP contribution < -0.4 is 0 Å². The maximum absolute atomic E-state index is 12.0. The van der Waals surface area contributed by atoms with E-state index < -0.39 is 5.60 Å². The Labute approximate surface area is 108 Å². The number of hydrogen-bond acceptors (Lipinski definition) is 4. The van der Waals surface area contributed by atoms with Crippen molar-refractivity contribution in [2.45, 2.75) is 59.0 Å². The first-order chi connectivity index (χ1) is 8.19. The molecule has 1 aliphatic rings. The molecule has 102 valence electrons. The van der Waals surface area contributed by atoms with Crippen LogP contribution in [0.15, 0.2) is 0 Å². The Balaban J connectivity index is 2.48. The lowest BCUT2D eigenvalue weighted by atomic mass is 9.96. The fraction of sp³-hybridized carbons (Fsp3) is 0.786. The molecule has 0 radical (unpaired) electrons. The third-order valence-electron chi connectivity index (χ3n) is 3.04. The van der Waals surface area contributed by atoms with Crippen LogP contribution in [0, 0.1) is 11.8 Å². The van der Waals surface area contributed by atoms with Crippen molar-refractivity contribution in [2.24, 2.45) is 11.8 Å². The van der Waals surface area contributed by atoms with Crippen LogP contribution in [0.3, 0.4) is 0 Å². The van der Waals surface area contributed by atoms with E-state index in [1.54, 1.807) is 20.8 Å². The molecule has 1 fully saturated rings. The minimum Gasteiger partial charge on any atom is -0.460 e. The van der Waals surface area contributed by atoms with E-state index in [1.165, 1.54) is 6.92 Å². The smallest absolute Gasteiger partial charge is 0.307 e. The molecule has 18 heavy (non-hydrogen) atoms. The van der Waals surface area contributed by atoms with Crippen molar-refractivity contribution in [2.75, 3.05) is 0 Å². The van der Waals surface area contributed by atoms with Gasteiger partial charge in [-0.05, 0) is 40.5 Å². The van der Waals surface area contributed by atoms with Crippen LogP contribution in [0.5, 0.6) is 0 Å². The summed E-state index contributed by atoms with van der Waals surface area (Å²) in [5.41, 5.74) is -0.516. The highest BCUT2D eigenvalue weighted by atomic mass is 16.6. The quantitative estimate of drug-likeness (QED) is 0.722. The molecule has 0 aliphatic heterocycles. The number of rotatable bonds is 4. The second-order valence-electron chi connectivity index (χ2n) is 6.07. The van der Waals surface area contributed by atoms with E-state index in [-0.39, 0.29) is 35.8 Å². The first-order valence-electron chi connectivity index (χ1n) is 6.44. The van der Waals surface area contributed by atoms with Gasteiger partial charge in [0.25, 0.3) is 0 Å². The highest BCUT2D eigenvalue weighted by Crippen LogP contribution is 2.32. The van der Waals surface area contributed by atoms with E-state index >= 15 is 0 Å². The summed E-state index contributed by atoms with van der Waals surface area (Å²) in [6, 6.07) is 0. The number of ether oxygens (including phenoxy) is 1. The molecule has 0 amide bonds. The van der Waals surface area contributed by atoms with Gasteiger partial charge < -0.3 is 9.53 Å². The van der Waals surface area contributed by atoms with Gasteiger partial charge in [-0.3, -0.25) is 9.59 Å². The van der Waals surface area contributed by atoms with E-state index in [9.17, 15) is 14.4 Å². The van der Waals surface area contributed by atoms with Crippen molar-refractivity contribution >= 4 is 17.5 Å². The number of ketones is 2. The summed E-state index contributed by atoms with van der Waals surface area (Å²) in [7, 11) is 0. The van der Waals surface area contributed by atoms with Crippen LogP contribution in [0.4, 0.5) is 0 Å². The summed E-state index contributed by atoms with van der Waals surface area (Å²) in [6.45, 7) is 6.91. The molecular weight excluding hydrogens is 232 g/mol. The highest BCUT2D eigenvalue weighted by molar-refractivity contribution is 5.92. The molecule has 4 heteroatoms. The van der Waals surface area contributed by atoms with Crippen LogP contribution >= 0.6 is 0 Å². The summed E-state index contributed by atoms with van der Waals surface area (Å²) < 4.78 is 5.21. The van der Waals surface area contributed by atoms with Gasteiger partial charge in [-0.15, -0.1) is 0 Å². The molecule has 0 N–H and O–H groups in total. The molecule has 0 bridgehead atoms. The minimum atomic E-state index is -0.516. The maximum atomic E-state index is 12.0. The number of Topliss-reactive ketones (excluding diaryl/α,β-unsaturated/α-hetero) is 2. The second kappa shape index (κ2) is 5.63. The van der Waals surface area contributed by atoms with E-state index in [0.29, 0.717) is 19.3 Å². The largest absolute Gasteiger partial charge is 0.460 e. The van der Waals surface area contributed by atoms with E-state index in [1.807, 2.05) is 0 Å². The van der Waals surface area contributed by atoms with Gasteiger partial charge in [0.1, 0.15) is 17.2 Å². The first kappa shape index (κ1) is 14.9. The fourth-order valence-corrected chi connectivity index (χ4v) is 2.36. The molecule has 1 aliphatic carbocycles. The molecule has 0 heterocycles. The van der Waals surface area contributed by atoms with Gasteiger partial charge in [0, 0.05) is 18.3 Å². The molecule has 0 saturated heterocycles. The average Bonchev–Trinajstić information content (AvgIpc) is 2.46. The molecule has 0 aromatic heterocycles. The second-order valence-corrected chi connectivity index (χ2v) is 6.07. The van der Waals surface area contributed by atoms with Crippen molar-refractivity contribution < 1.29 is 19.1 Å². The van der Waals surface area contributed by atoms with Crippen LogP contribution in [0.2, 0.25) is 0 Å². The van der Waals surface area contributed by atoms with Gasteiger partial charge in [-0.2, -0.15) is 0 Å². The monoisotopic (exact) mass is 254 g/mol. The predicted molar refractivity (Wildman–Crippen MR) is 67.0 cm³/mol. The SMILES string of the molecule is CC(=O)CC1CC[C@@H](CC(=O)OC(C)(C)C)C1=O. The Kier molecular flexibility index (Phi) is 4.65. The van der Waals surface area contributed by atoms with Crippen molar-refractivity contribution in [3.05, 3.63) is 0 Å². The van der Waals surface area contributed by atoms with E-state index in [2.05, 4.69) is 0 Å². The minimum absolute atomic E-state index is 0.0336. The average molecular weight is 254 g/mol. The maximum Gasteiger partial charge on any atom is 0.307 e. The van der Waals surface area contributed by atoms with Crippen molar-refractivity contribution in [3.8, 4) is 0 Å². The van der Waals surface area contributed by atoms with E-state index in [4.69, 9.17) is 4.74 Å². The lowest BCUT2D eigenvalue weighted by molar-refractivity contribution is -0.157. The lowest BCUT2D eigenvalue weighted by Gasteiger charge is -2.20. The molecule has 1 saturated carbocycles. The number of hydrogen-bond donors (Lipinski definition) is 0. The van der Waals surface area contributed by atoms with Crippen molar-refractivity contribution in [3.63, 3.8) is 0 Å². The van der Waals surface area contributed by atoms with Gasteiger partial charge in [0.05, 0.1) is 6.42 Å². The van der Waals surface area contributed by atoms with Gasteiger partial charge >= 0.3 is 5.97 Å². The summed E-state index contributed by atoms with van der Waals surface area (Å²) in [4.78, 5) is 34.6. The summed E-state index contributed by atoms with van der Waals surface area (Å²) in [6.07, 6.45) is 1.86. The summed E-state index contributed by atoms with van der Waals surface area (Å²) in [5.74, 6) is -0.689. The Morgan fingerprint density at radius 3 is 2.11 bits per heavy atom. The van der Waals surface area contributed by atoms with Gasteiger partial charge in [0.2, 0.25) is 0 Å². The molecule has 0 spiro atoms. The molecule has 2 atom stereocenters. The van der Waals surface area contributed by atoms with Gasteiger partial charge in [0.15, 0.2) is 0 Å². The number of carbonyl (C=O) groups is 3. The van der Waals surface area contributed by atoms with Gasteiger partial charge in [-0.1, -0.05) is 0 Å². The van der Waals surface area contributed by atoms with Crippen molar-refractivity contribution in [1.29, 1.82) is 0 Å². The Morgan fingerprint density at radius 1 is 1.17 bits per heavy atom. The Hall–Kier alpha value is -1.19. The van der Waals surface area contributed by atoms with Gasteiger partial charge in [-0.25, -0.2) is 0 Å². The first-order valence-corrected chi connectivity index (χ1v) is 6.44. The third kappa shape index (κ3) is 4.59. The zero-order valence-corrected chi connectivity index (χ0v) is 11.6. The van der Waals surface area contributed by atoms with Crippen LogP contribution in [-0.2, 0) is 19.1 Å². The zero-order chi connectivity index (χ0) is 13.9. The van der Waals surface area contributed by atoms with E-state index in [0.717, 1.165) is 0 Å². The molecule has 0 aromatic carbocycles. The Morgan fingerprint density at radius 2 is 1.67 bits per heavy atom. The molecule has 0 aromatic rings. The number of carbonyl (C=O) groups excluding carboxylic acids is 3. The summed E-state index contributed by atoms with van der Waals surface area (Å²) >= 11 is 0. The number of esters is 1. The molecular formula is C14H22O4. The standard InChI is InChI=1S/C14H22O4/c1-9(15)7-10-5-6-11(13(10)17)8-12(16)18-14(2,3)4/h10-11H,5-8H2,1-4H3/t10?,11-/m0/s1. The van der Waals surface area contributed by atoms with Crippen LogP contribution in [0.1, 0.15) is 53.4 Å². The molecule has 1 rings (SSSR count). The predicted octanol–water partition coefficient (Wildman–Crippen LogP) is 2.29. The lowest BCUT2D eigenvalue weighted by Crippen LogP contribution is -2.26. The molecule has 1 unspecified atom stereocenters. The third-order valence-corrected chi connectivity index (χ3v) is 3.04. The fourth-order valence-electron chi connectivity index (χ4n) is 2.36. The topological polar surface area (TPSA) is 60.4 Å². The van der Waals surface area contributed by atoms with Crippen LogP contribution in [-0.4, -0.2) is 23.1 Å². The normalized spacial score (nSPS) is 24.1. The Bertz CT molecular complexity index is 351. The highest BCUT2D eigenvalue weighted by Gasteiger charge is 2.36. The summed E-state index contributed by atoms with van der Waals surface area (Å²) in [5, 5.41) is 0. The van der Waals surface area contributed by atoms with Crippen molar-refractivity contribution in [1.82, 2.24) is 0 Å².